The number of rotatable bonds is 3. The lowest BCUT2D eigenvalue weighted by Gasteiger charge is -2.09. The lowest BCUT2D eigenvalue weighted by atomic mass is 10.2. The topological polar surface area (TPSA) is 39.2 Å². The Bertz CT molecular complexity index is 357. The Hall–Kier alpha value is -1.23. The summed E-state index contributed by atoms with van der Waals surface area (Å²) in [5, 5.41) is -0.318. The van der Waals surface area contributed by atoms with Gasteiger partial charge in [0.15, 0.2) is 6.29 Å². The molecule has 0 aliphatic rings. The molecule has 3 nitrogen and oxygen atoms in total. The average Bonchev–Trinajstić information content (AvgIpc) is 2.16. The van der Waals surface area contributed by atoms with Crippen molar-refractivity contribution < 1.29 is 18.3 Å². The molecule has 0 N–H and O–H groups in total. The van der Waals surface area contributed by atoms with Crippen molar-refractivity contribution in [3.05, 3.63) is 22.3 Å². The van der Waals surface area contributed by atoms with Crippen LogP contribution in [0.15, 0.2) is 6.20 Å². The Labute approximate surface area is 83.7 Å². The number of methoxy groups -OCH3 is 1. The lowest BCUT2D eigenvalue weighted by molar-refractivity contribution is 0.112. The van der Waals surface area contributed by atoms with Crippen LogP contribution < -0.4 is 4.74 Å². The van der Waals surface area contributed by atoms with E-state index in [1.807, 2.05) is 0 Å². The highest BCUT2D eigenvalue weighted by atomic mass is 35.5. The molecule has 1 rings (SSSR count). The van der Waals surface area contributed by atoms with E-state index in [0.29, 0.717) is 6.29 Å². The maximum Gasteiger partial charge on any atom is 0.270 e. The molecule has 0 spiro atoms. The number of halogens is 3. The molecule has 1 aromatic rings. The number of hydrogen-bond donors (Lipinski definition) is 0. The summed E-state index contributed by atoms with van der Waals surface area (Å²) in [5.74, 6) is -0.268. The van der Waals surface area contributed by atoms with Crippen molar-refractivity contribution in [3.63, 3.8) is 0 Å². The fourth-order valence-electron chi connectivity index (χ4n) is 0.938. The monoisotopic (exact) mass is 221 g/mol. The Balaban J connectivity index is 3.38. The van der Waals surface area contributed by atoms with Gasteiger partial charge in [0.1, 0.15) is 0 Å². The van der Waals surface area contributed by atoms with Gasteiger partial charge in [0, 0.05) is 6.20 Å². The van der Waals surface area contributed by atoms with Gasteiger partial charge in [0.05, 0.1) is 23.3 Å². The Morgan fingerprint density at radius 3 is 2.71 bits per heavy atom. The smallest absolute Gasteiger partial charge is 0.270 e. The van der Waals surface area contributed by atoms with Crippen LogP contribution in [0.2, 0.25) is 5.02 Å². The first-order chi connectivity index (χ1) is 6.61. The fraction of sp³-hybridized carbons (Fsp3) is 0.250. The molecule has 0 aliphatic carbocycles. The van der Waals surface area contributed by atoms with Gasteiger partial charge in [-0.2, -0.15) is 0 Å². The molecule has 0 saturated heterocycles. The second kappa shape index (κ2) is 4.32. The van der Waals surface area contributed by atoms with Crippen molar-refractivity contribution in [2.75, 3.05) is 7.11 Å². The summed E-state index contributed by atoms with van der Waals surface area (Å²) in [6.07, 6.45) is -1.38. The van der Waals surface area contributed by atoms with Crippen molar-refractivity contribution in [2.45, 2.75) is 6.43 Å². The van der Waals surface area contributed by atoms with E-state index in [2.05, 4.69) is 9.72 Å². The van der Waals surface area contributed by atoms with Crippen LogP contribution in [0.5, 0.6) is 5.88 Å². The molecule has 1 aromatic heterocycles. The predicted molar refractivity (Wildman–Crippen MR) is 46.1 cm³/mol. The minimum Gasteiger partial charge on any atom is -0.481 e. The second-order valence-electron chi connectivity index (χ2n) is 2.37. The molecule has 0 fully saturated rings. The third kappa shape index (κ3) is 1.82. The SMILES string of the molecule is COc1ncc(C=O)c(Cl)c1C(F)F. The second-order valence-corrected chi connectivity index (χ2v) is 2.75. The van der Waals surface area contributed by atoms with Crippen molar-refractivity contribution in [1.82, 2.24) is 4.98 Å². The summed E-state index contributed by atoms with van der Waals surface area (Å²) < 4.78 is 29.5. The van der Waals surface area contributed by atoms with Crippen LogP contribution in [0.3, 0.4) is 0 Å². The number of hydrogen-bond acceptors (Lipinski definition) is 3. The summed E-state index contributed by atoms with van der Waals surface area (Å²) in [6.45, 7) is 0. The van der Waals surface area contributed by atoms with E-state index in [4.69, 9.17) is 11.6 Å². The first kappa shape index (κ1) is 10.8. The van der Waals surface area contributed by atoms with Crippen molar-refractivity contribution in [1.29, 1.82) is 0 Å². The largest absolute Gasteiger partial charge is 0.481 e. The van der Waals surface area contributed by atoms with E-state index in [1.165, 1.54) is 7.11 Å². The van der Waals surface area contributed by atoms with Crippen LogP contribution >= 0.6 is 11.6 Å². The molecule has 0 amide bonds. The van der Waals surface area contributed by atoms with E-state index in [0.717, 1.165) is 6.20 Å². The molecule has 0 aliphatic heterocycles. The minimum absolute atomic E-state index is 0.0808. The number of nitrogens with zero attached hydrogens (tertiary/aromatic N) is 1. The van der Waals surface area contributed by atoms with Gasteiger partial charge in [-0.05, 0) is 0 Å². The minimum atomic E-state index is -2.83. The van der Waals surface area contributed by atoms with E-state index in [-0.39, 0.29) is 16.5 Å². The maximum absolute atomic E-state index is 12.5. The maximum atomic E-state index is 12.5. The molecule has 0 unspecified atom stereocenters. The summed E-state index contributed by atoms with van der Waals surface area (Å²) in [5.41, 5.74) is -0.637. The molecule has 0 bridgehead atoms. The molecule has 14 heavy (non-hydrogen) atoms. The highest BCUT2D eigenvalue weighted by Crippen LogP contribution is 2.34. The number of aldehydes is 1. The Morgan fingerprint density at radius 2 is 2.29 bits per heavy atom. The Kier molecular flexibility index (Phi) is 3.35. The van der Waals surface area contributed by atoms with Gasteiger partial charge in [-0.15, -0.1) is 0 Å². The molecule has 0 saturated carbocycles. The zero-order chi connectivity index (χ0) is 10.7. The standard InChI is InChI=1S/C8H6ClF2NO2/c1-14-8-5(7(10)11)6(9)4(3-13)2-12-8/h2-3,7H,1H3. The number of carbonyl (C=O) groups excluding carboxylic acids is 1. The van der Waals surface area contributed by atoms with Crippen LogP contribution in [0.1, 0.15) is 22.3 Å². The van der Waals surface area contributed by atoms with Crippen LogP contribution in [0, 0.1) is 0 Å². The van der Waals surface area contributed by atoms with E-state index in [1.54, 1.807) is 0 Å². The third-order valence-electron chi connectivity index (χ3n) is 1.58. The highest BCUT2D eigenvalue weighted by Gasteiger charge is 2.21. The van der Waals surface area contributed by atoms with Gasteiger partial charge in [0.2, 0.25) is 5.88 Å². The van der Waals surface area contributed by atoms with Gasteiger partial charge in [0.25, 0.3) is 6.43 Å². The molecule has 0 radical (unpaired) electrons. The number of alkyl halides is 2. The number of ether oxygens (including phenoxy) is 1. The predicted octanol–water partition coefficient (Wildman–Crippen LogP) is 2.49. The number of carbonyl (C=O) groups is 1. The summed E-state index contributed by atoms with van der Waals surface area (Å²) in [6, 6.07) is 0. The zero-order valence-corrected chi connectivity index (χ0v) is 7.89. The number of pyridine rings is 1. The first-order valence-corrected chi connectivity index (χ1v) is 3.95. The van der Waals surface area contributed by atoms with Gasteiger partial charge >= 0.3 is 0 Å². The van der Waals surface area contributed by atoms with Crippen LogP contribution in [-0.4, -0.2) is 18.4 Å². The molecule has 0 atom stereocenters. The van der Waals surface area contributed by atoms with Crippen LogP contribution in [0.4, 0.5) is 8.78 Å². The van der Waals surface area contributed by atoms with Gasteiger partial charge in [-0.25, -0.2) is 13.8 Å². The van der Waals surface area contributed by atoms with E-state index in [9.17, 15) is 13.6 Å². The van der Waals surface area contributed by atoms with E-state index < -0.39 is 12.0 Å². The highest BCUT2D eigenvalue weighted by molar-refractivity contribution is 6.33. The molecule has 6 heteroatoms. The van der Waals surface area contributed by atoms with Gasteiger partial charge in [-0.1, -0.05) is 11.6 Å². The quantitative estimate of drug-likeness (QED) is 0.736. The third-order valence-corrected chi connectivity index (χ3v) is 2.00. The molecule has 76 valence electrons. The van der Waals surface area contributed by atoms with Crippen molar-refractivity contribution in [3.8, 4) is 5.88 Å². The van der Waals surface area contributed by atoms with Gasteiger partial charge in [-0.3, -0.25) is 4.79 Å². The summed E-state index contributed by atoms with van der Waals surface area (Å²) in [7, 11) is 1.20. The summed E-state index contributed by atoms with van der Waals surface area (Å²) >= 11 is 5.56. The van der Waals surface area contributed by atoms with Crippen molar-refractivity contribution in [2.24, 2.45) is 0 Å². The molecule has 0 aromatic carbocycles. The van der Waals surface area contributed by atoms with E-state index >= 15 is 0 Å². The Morgan fingerprint density at radius 1 is 1.64 bits per heavy atom. The zero-order valence-electron chi connectivity index (χ0n) is 7.13. The van der Waals surface area contributed by atoms with Crippen LogP contribution in [-0.2, 0) is 0 Å². The van der Waals surface area contributed by atoms with Crippen molar-refractivity contribution >= 4 is 17.9 Å². The lowest BCUT2D eigenvalue weighted by Crippen LogP contribution is -1.99. The molecular weight excluding hydrogens is 216 g/mol. The fourth-order valence-corrected chi connectivity index (χ4v) is 1.19. The normalized spacial score (nSPS) is 10.4. The number of aromatic nitrogens is 1. The molecular formula is C8H6ClF2NO2. The average molecular weight is 222 g/mol. The van der Waals surface area contributed by atoms with Crippen LogP contribution in [0.25, 0.3) is 0 Å². The first-order valence-electron chi connectivity index (χ1n) is 3.57. The molecule has 1 heterocycles. The van der Waals surface area contributed by atoms with Gasteiger partial charge < -0.3 is 4.74 Å². The summed E-state index contributed by atoms with van der Waals surface area (Å²) in [4.78, 5) is 13.9.